The molecular formula is C14H10N4O2. The quantitative estimate of drug-likeness (QED) is 0.520. The van der Waals surface area contributed by atoms with Crippen molar-refractivity contribution in [1.29, 1.82) is 0 Å². The van der Waals surface area contributed by atoms with Crippen LogP contribution in [0.3, 0.4) is 0 Å². The van der Waals surface area contributed by atoms with Crippen LogP contribution in [0.1, 0.15) is 17.3 Å². The smallest absolute Gasteiger partial charge is 0.270 e. The molecule has 0 spiro atoms. The molecule has 6 nitrogen and oxygen atoms in total. The number of nitrogens with zero attached hydrogens (tertiary/aromatic N) is 4. The lowest BCUT2D eigenvalue weighted by Crippen LogP contribution is -2.16. The van der Waals surface area contributed by atoms with Crippen molar-refractivity contribution < 1.29 is 4.79 Å². The number of rotatable bonds is 1. The van der Waals surface area contributed by atoms with Gasteiger partial charge in [-0.25, -0.2) is 0 Å². The molecule has 0 unspecified atom stereocenters. The average molecular weight is 266 g/mol. The number of aromatic nitrogens is 4. The first-order valence-corrected chi connectivity index (χ1v) is 6.35. The summed E-state index contributed by atoms with van der Waals surface area (Å²) in [5, 5.41) is 4.17. The zero-order chi connectivity index (χ0) is 13.9. The van der Waals surface area contributed by atoms with E-state index in [1.807, 2.05) is 13.0 Å². The van der Waals surface area contributed by atoms with Gasteiger partial charge < -0.3 is 0 Å². The van der Waals surface area contributed by atoms with Gasteiger partial charge in [0.2, 0.25) is 0 Å². The first kappa shape index (κ1) is 11.1. The van der Waals surface area contributed by atoms with Crippen LogP contribution in [0.25, 0.3) is 22.4 Å². The Bertz CT molecular complexity index is 936. The van der Waals surface area contributed by atoms with E-state index in [0.717, 1.165) is 0 Å². The molecule has 0 amide bonds. The Morgan fingerprint density at radius 3 is 2.65 bits per heavy atom. The van der Waals surface area contributed by atoms with Crippen molar-refractivity contribution in [3.8, 4) is 11.4 Å². The van der Waals surface area contributed by atoms with Gasteiger partial charge in [-0.15, -0.1) is 0 Å². The molecule has 0 N–H and O–H groups in total. The Kier molecular flexibility index (Phi) is 2.01. The maximum atomic E-state index is 12.5. The minimum Gasteiger partial charge on any atom is -0.270 e. The third-order valence-electron chi connectivity index (χ3n) is 3.53. The first-order chi connectivity index (χ1) is 9.70. The molecule has 0 atom stereocenters. The molecule has 1 aliphatic heterocycles. The van der Waals surface area contributed by atoms with Crippen molar-refractivity contribution in [3.63, 3.8) is 0 Å². The Morgan fingerprint density at radius 1 is 1.15 bits per heavy atom. The standard InChI is InChI=1S/C14H10N4O2/c1-2-17-7-10-11(16-17)13(19)15-12-8-5-3-4-6-9(8)14(20)18(10)12/h3-7H,2H2,1H3. The van der Waals surface area contributed by atoms with Crippen molar-refractivity contribution in [2.75, 3.05) is 0 Å². The van der Waals surface area contributed by atoms with E-state index in [-0.39, 0.29) is 11.4 Å². The van der Waals surface area contributed by atoms with Crippen molar-refractivity contribution in [1.82, 2.24) is 19.3 Å². The van der Waals surface area contributed by atoms with Gasteiger partial charge in [-0.1, -0.05) is 18.2 Å². The molecule has 6 heteroatoms. The van der Waals surface area contributed by atoms with Gasteiger partial charge in [-0.2, -0.15) is 10.1 Å². The molecule has 3 heterocycles. The first-order valence-electron chi connectivity index (χ1n) is 6.35. The zero-order valence-corrected chi connectivity index (χ0v) is 10.7. The van der Waals surface area contributed by atoms with Crippen LogP contribution in [0.2, 0.25) is 0 Å². The number of benzene rings is 1. The second-order valence-electron chi connectivity index (χ2n) is 4.65. The van der Waals surface area contributed by atoms with Gasteiger partial charge in [-0.3, -0.25) is 18.8 Å². The van der Waals surface area contributed by atoms with Crippen LogP contribution >= 0.6 is 0 Å². The third kappa shape index (κ3) is 1.22. The van der Waals surface area contributed by atoms with Gasteiger partial charge in [-0.05, 0) is 13.0 Å². The normalized spacial score (nSPS) is 12.8. The van der Waals surface area contributed by atoms with E-state index >= 15 is 0 Å². The summed E-state index contributed by atoms with van der Waals surface area (Å²) in [6.07, 6.45) is 1.71. The van der Waals surface area contributed by atoms with Gasteiger partial charge in [0.15, 0.2) is 11.3 Å². The van der Waals surface area contributed by atoms with E-state index < -0.39 is 5.56 Å². The molecule has 98 valence electrons. The highest BCUT2D eigenvalue weighted by molar-refractivity contribution is 6.11. The molecule has 0 fully saturated rings. The van der Waals surface area contributed by atoms with E-state index in [0.29, 0.717) is 29.0 Å². The summed E-state index contributed by atoms with van der Waals surface area (Å²) in [4.78, 5) is 28.6. The average Bonchev–Trinajstić information content (AvgIpc) is 3.01. The van der Waals surface area contributed by atoms with E-state index in [4.69, 9.17) is 0 Å². The monoisotopic (exact) mass is 266 g/mol. The summed E-state index contributed by atoms with van der Waals surface area (Å²) in [5.74, 6) is 0.238. The van der Waals surface area contributed by atoms with E-state index in [9.17, 15) is 9.59 Å². The zero-order valence-electron chi connectivity index (χ0n) is 10.7. The molecule has 0 aliphatic carbocycles. The predicted molar refractivity (Wildman–Crippen MR) is 72.6 cm³/mol. The number of fused-ring (bicyclic) bond motifs is 5. The Labute approximate surface area is 113 Å². The summed E-state index contributed by atoms with van der Waals surface area (Å²) in [6, 6.07) is 7.17. The number of hydrogen-bond acceptors (Lipinski definition) is 4. The van der Waals surface area contributed by atoms with Crippen molar-refractivity contribution in [2.24, 2.45) is 0 Å². The fourth-order valence-corrected chi connectivity index (χ4v) is 2.57. The molecule has 0 bridgehead atoms. The van der Waals surface area contributed by atoms with Crippen LogP contribution in [0.5, 0.6) is 0 Å². The molecule has 20 heavy (non-hydrogen) atoms. The minimum atomic E-state index is -0.400. The number of carbonyl (C=O) groups excluding carboxylic acids is 1. The topological polar surface area (TPSA) is 69.8 Å². The fourth-order valence-electron chi connectivity index (χ4n) is 2.57. The Morgan fingerprint density at radius 2 is 1.90 bits per heavy atom. The number of carbonyl (C=O) groups is 1. The van der Waals surface area contributed by atoms with Crippen LogP contribution < -0.4 is 5.56 Å². The van der Waals surface area contributed by atoms with Gasteiger partial charge in [0.05, 0.1) is 5.56 Å². The Hall–Kier alpha value is -2.76. The van der Waals surface area contributed by atoms with Gasteiger partial charge in [0.1, 0.15) is 5.52 Å². The summed E-state index contributed by atoms with van der Waals surface area (Å²) >= 11 is 0. The molecule has 4 rings (SSSR count). The Balaban J connectivity index is 2.18. The highest BCUT2D eigenvalue weighted by atomic mass is 16.2. The van der Waals surface area contributed by atoms with Crippen LogP contribution in [0.15, 0.2) is 35.3 Å². The van der Waals surface area contributed by atoms with Crippen molar-refractivity contribution in [2.45, 2.75) is 13.5 Å². The summed E-state index contributed by atoms with van der Waals surface area (Å²) in [7, 11) is 0. The number of hydrogen-bond donors (Lipinski definition) is 0. The van der Waals surface area contributed by atoms with E-state index in [2.05, 4.69) is 10.1 Å². The number of aryl methyl sites for hydroxylation is 1. The lowest BCUT2D eigenvalue weighted by atomic mass is 10.1. The predicted octanol–water partition coefficient (Wildman–Crippen LogP) is 1.28. The molecule has 0 saturated heterocycles. The van der Waals surface area contributed by atoms with Crippen LogP contribution in [-0.4, -0.2) is 25.2 Å². The van der Waals surface area contributed by atoms with Gasteiger partial charge >= 0.3 is 5.56 Å². The molecule has 0 radical (unpaired) electrons. The maximum absolute atomic E-state index is 12.5. The highest BCUT2D eigenvalue weighted by Gasteiger charge is 2.30. The van der Waals surface area contributed by atoms with Crippen LogP contribution in [-0.2, 0) is 6.54 Å². The molecule has 2 aromatic heterocycles. The lowest BCUT2D eigenvalue weighted by molar-refractivity contribution is 0.0972. The van der Waals surface area contributed by atoms with Gasteiger partial charge in [0, 0.05) is 18.3 Å². The molecule has 1 aliphatic rings. The molecule has 0 saturated carbocycles. The molecule has 3 aromatic rings. The minimum absolute atomic E-state index is 0.163. The maximum Gasteiger partial charge on any atom is 0.301 e. The van der Waals surface area contributed by atoms with Crippen LogP contribution in [0.4, 0.5) is 0 Å². The van der Waals surface area contributed by atoms with E-state index in [1.165, 1.54) is 4.57 Å². The molecular weight excluding hydrogens is 256 g/mol. The van der Waals surface area contributed by atoms with E-state index in [1.54, 1.807) is 29.1 Å². The molecule has 1 aromatic carbocycles. The van der Waals surface area contributed by atoms with Gasteiger partial charge in [0.25, 0.3) is 5.91 Å². The lowest BCUT2D eigenvalue weighted by Gasteiger charge is -2.01. The fraction of sp³-hybridized carbons (Fsp3) is 0.143. The summed E-state index contributed by atoms with van der Waals surface area (Å²) in [6.45, 7) is 2.55. The second-order valence-corrected chi connectivity index (χ2v) is 4.65. The second kappa shape index (κ2) is 3.63. The summed E-state index contributed by atoms with van der Waals surface area (Å²) < 4.78 is 3.11. The largest absolute Gasteiger partial charge is 0.301 e. The summed E-state index contributed by atoms with van der Waals surface area (Å²) in [5.41, 5.74) is 1.61. The van der Waals surface area contributed by atoms with Crippen molar-refractivity contribution >= 4 is 16.9 Å². The highest BCUT2D eigenvalue weighted by Crippen LogP contribution is 2.31. The SMILES string of the molecule is CCn1cc2c(n1)c(=O)nc1n2C(=O)c2ccccc2-1. The third-order valence-corrected chi connectivity index (χ3v) is 3.53. The van der Waals surface area contributed by atoms with Crippen LogP contribution in [0, 0.1) is 0 Å². The van der Waals surface area contributed by atoms with Crippen molar-refractivity contribution in [3.05, 3.63) is 46.4 Å².